The Kier molecular flexibility index (Phi) is 4.01. The molecule has 20 heavy (non-hydrogen) atoms. The molecule has 0 radical (unpaired) electrons. The molecule has 106 valence electrons. The standard InChI is InChI=1S/C11H5Cl2F4N3/c12-5-1-2-7(6(14)3-5)18-9-4-8(13)19-10(20-9)11(15,16)17/h1-4H,(H,18,19,20). The lowest BCUT2D eigenvalue weighted by molar-refractivity contribution is -0.144. The number of hydrogen-bond acceptors (Lipinski definition) is 3. The molecule has 3 nitrogen and oxygen atoms in total. The van der Waals surface area contributed by atoms with Gasteiger partial charge in [-0.25, -0.2) is 14.4 Å². The van der Waals surface area contributed by atoms with Crippen molar-refractivity contribution in [2.45, 2.75) is 6.18 Å². The van der Waals surface area contributed by atoms with Crippen LogP contribution in [0.25, 0.3) is 0 Å². The summed E-state index contributed by atoms with van der Waals surface area (Å²) in [5.41, 5.74) is -0.0858. The first-order valence-electron chi connectivity index (χ1n) is 5.09. The molecular formula is C11H5Cl2F4N3. The van der Waals surface area contributed by atoms with E-state index < -0.39 is 23.0 Å². The monoisotopic (exact) mass is 325 g/mol. The topological polar surface area (TPSA) is 37.8 Å². The van der Waals surface area contributed by atoms with E-state index in [2.05, 4.69) is 15.3 Å². The van der Waals surface area contributed by atoms with Gasteiger partial charge in [-0.2, -0.15) is 13.2 Å². The second kappa shape index (κ2) is 5.41. The van der Waals surface area contributed by atoms with Crippen molar-refractivity contribution in [1.29, 1.82) is 0 Å². The smallest absolute Gasteiger partial charge is 0.338 e. The van der Waals surface area contributed by atoms with E-state index in [0.29, 0.717) is 0 Å². The second-order valence-electron chi connectivity index (χ2n) is 3.65. The van der Waals surface area contributed by atoms with Crippen molar-refractivity contribution in [2.24, 2.45) is 0 Å². The Hall–Kier alpha value is -1.60. The van der Waals surface area contributed by atoms with Gasteiger partial charge >= 0.3 is 6.18 Å². The van der Waals surface area contributed by atoms with Crippen LogP contribution in [0, 0.1) is 5.82 Å². The molecule has 1 aromatic heterocycles. The van der Waals surface area contributed by atoms with E-state index >= 15 is 0 Å². The largest absolute Gasteiger partial charge is 0.451 e. The third kappa shape index (κ3) is 3.49. The molecule has 0 atom stereocenters. The summed E-state index contributed by atoms with van der Waals surface area (Å²) in [6.45, 7) is 0. The summed E-state index contributed by atoms with van der Waals surface area (Å²) in [6, 6.07) is 4.70. The van der Waals surface area contributed by atoms with E-state index in [1.54, 1.807) is 0 Å². The zero-order chi connectivity index (χ0) is 14.9. The molecule has 0 aliphatic carbocycles. The van der Waals surface area contributed by atoms with E-state index in [0.717, 1.165) is 12.1 Å². The van der Waals surface area contributed by atoms with Crippen molar-refractivity contribution in [1.82, 2.24) is 9.97 Å². The molecule has 0 spiro atoms. The van der Waals surface area contributed by atoms with E-state index in [-0.39, 0.29) is 16.5 Å². The Morgan fingerprint density at radius 2 is 1.75 bits per heavy atom. The van der Waals surface area contributed by atoms with Crippen LogP contribution in [0.2, 0.25) is 10.2 Å². The summed E-state index contributed by atoms with van der Waals surface area (Å²) in [5, 5.41) is 2.13. The van der Waals surface area contributed by atoms with Gasteiger partial charge in [0.1, 0.15) is 16.8 Å². The number of anilines is 2. The van der Waals surface area contributed by atoms with E-state index in [1.165, 1.54) is 12.1 Å². The molecule has 2 rings (SSSR count). The molecule has 9 heteroatoms. The van der Waals surface area contributed by atoms with Crippen LogP contribution in [0.5, 0.6) is 0 Å². The molecule has 2 aromatic rings. The lowest BCUT2D eigenvalue weighted by atomic mass is 10.3. The fourth-order valence-electron chi connectivity index (χ4n) is 1.34. The average Bonchev–Trinajstić information content (AvgIpc) is 2.31. The zero-order valence-corrected chi connectivity index (χ0v) is 11.0. The summed E-state index contributed by atoms with van der Waals surface area (Å²) >= 11 is 11.0. The highest BCUT2D eigenvalue weighted by atomic mass is 35.5. The van der Waals surface area contributed by atoms with Crippen molar-refractivity contribution in [2.75, 3.05) is 5.32 Å². The Morgan fingerprint density at radius 1 is 1.05 bits per heavy atom. The number of rotatable bonds is 2. The molecule has 1 heterocycles. The molecule has 1 N–H and O–H groups in total. The number of hydrogen-bond donors (Lipinski definition) is 1. The normalized spacial score (nSPS) is 11.5. The summed E-state index contributed by atoms with van der Waals surface area (Å²) in [7, 11) is 0. The number of benzene rings is 1. The first kappa shape index (κ1) is 14.8. The summed E-state index contributed by atoms with van der Waals surface area (Å²) in [5.74, 6) is -2.43. The maximum Gasteiger partial charge on any atom is 0.451 e. The summed E-state index contributed by atoms with van der Waals surface area (Å²) in [4.78, 5) is 6.29. The molecule has 0 bridgehead atoms. The van der Waals surface area contributed by atoms with Crippen LogP contribution < -0.4 is 5.32 Å². The second-order valence-corrected chi connectivity index (χ2v) is 4.47. The van der Waals surface area contributed by atoms with Crippen molar-refractivity contribution in [3.63, 3.8) is 0 Å². The van der Waals surface area contributed by atoms with Crippen LogP contribution in [0.1, 0.15) is 5.82 Å². The van der Waals surface area contributed by atoms with Crippen LogP contribution in [0.3, 0.4) is 0 Å². The number of aromatic nitrogens is 2. The number of nitrogens with zero attached hydrogens (tertiary/aromatic N) is 2. The number of alkyl halides is 3. The van der Waals surface area contributed by atoms with Crippen molar-refractivity contribution in [3.05, 3.63) is 46.1 Å². The fourth-order valence-corrected chi connectivity index (χ4v) is 1.68. The van der Waals surface area contributed by atoms with Crippen molar-refractivity contribution < 1.29 is 17.6 Å². The first-order valence-corrected chi connectivity index (χ1v) is 5.85. The Balaban J connectivity index is 2.36. The van der Waals surface area contributed by atoms with Gasteiger partial charge in [0.2, 0.25) is 5.82 Å². The third-order valence-corrected chi connectivity index (χ3v) is 2.57. The highest BCUT2D eigenvalue weighted by Crippen LogP contribution is 2.29. The van der Waals surface area contributed by atoms with Gasteiger partial charge in [0, 0.05) is 11.1 Å². The van der Waals surface area contributed by atoms with Crippen LogP contribution >= 0.6 is 23.2 Å². The molecule has 0 saturated heterocycles. The molecule has 0 saturated carbocycles. The lowest BCUT2D eigenvalue weighted by Crippen LogP contribution is -2.12. The van der Waals surface area contributed by atoms with Crippen molar-refractivity contribution in [3.8, 4) is 0 Å². The molecule has 0 aliphatic heterocycles. The number of halogens is 6. The fraction of sp³-hybridized carbons (Fsp3) is 0.0909. The quantitative estimate of drug-likeness (QED) is 0.643. The first-order chi connectivity index (χ1) is 9.25. The van der Waals surface area contributed by atoms with Gasteiger partial charge in [0.25, 0.3) is 0 Å². The molecule has 0 amide bonds. The van der Waals surface area contributed by atoms with Crippen molar-refractivity contribution >= 4 is 34.7 Å². The van der Waals surface area contributed by atoms with Gasteiger partial charge in [-0.3, -0.25) is 0 Å². The highest BCUT2D eigenvalue weighted by Gasteiger charge is 2.35. The SMILES string of the molecule is Fc1cc(Cl)ccc1Nc1cc(Cl)nc(C(F)(F)F)n1. The van der Waals surface area contributed by atoms with Gasteiger partial charge in [0.05, 0.1) is 5.69 Å². The average molecular weight is 326 g/mol. The number of nitrogens with one attached hydrogen (secondary N) is 1. The van der Waals surface area contributed by atoms with Gasteiger partial charge in [-0.15, -0.1) is 0 Å². The lowest BCUT2D eigenvalue weighted by Gasteiger charge is -2.10. The van der Waals surface area contributed by atoms with E-state index in [4.69, 9.17) is 23.2 Å². The van der Waals surface area contributed by atoms with Crippen LogP contribution in [0.15, 0.2) is 24.3 Å². The molecule has 0 fully saturated rings. The Labute approximate surface area is 120 Å². The maximum atomic E-state index is 13.5. The minimum atomic E-state index is -4.75. The Morgan fingerprint density at radius 3 is 2.35 bits per heavy atom. The highest BCUT2D eigenvalue weighted by molar-refractivity contribution is 6.30. The van der Waals surface area contributed by atoms with E-state index in [9.17, 15) is 17.6 Å². The minimum absolute atomic E-state index is 0.0858. The molecule has 0 aliphatic rings. The predicted molar refractivity (Wildman–Crippen MR) is 66.7 cm³/mol. The maximum absolute atomic E-state index is 13.5. The predicted octanol–water partition coefficient (Wildman–Crippen LogP) is 4.68. The minimum Gasteiger partial charge on any atom is -0.338 e. The van der Waals surface area contributed by atoms with Gasteiger partial charge < -0.3 is 5.32 Å². The molecular weight excluding hydrogens is 321 g/mol. The van der Waals surface area contributed by atoms with E-state index in [1.807, 2.05) is 0 Å². The van der Waals surface area contributed by atoms with Gasteiger partial charge in [-0.05, 0) is 18.2 Å². The summed E-state index contributed by atoms with van der Waals surface area (Å²) < 4.78 is 51.1. The van der Waals surface area contributed by atoms with Crippen LogP contribution in [0.4, 0.5) is 29.1 Å². The summed E-state index contributed by atoms with van der Waals surface area (Å²) in [6.07, 6.45) is -4.75. The molecule has 1 aromatic carbocycles. The van der Waals surface area contributed by atoms with Gasteiger partial charge in [-0.1, -0.05) is 23.2 Å². The Bertz CT molecular complexity index is 646. The molecule has 0 unspecified atom stereocenters. The van der Waals surface area contributed by atoms with Crippen LogP contribution in [-0.4, -0.2) is 9.97 Å². The zero-order valence-electron chi connectivity index (χ0n) is 9.47. The third-order valence-electron chi connectivity index (χ3n) is 2.14. The van der Waals surface area contributed by atoms with Crippen LogP contribution in [-0.2, 0) is 6.18 Å². The van der Waals surface area contributed by atoms with Gasteiger partial charge in [0.15, 0.2) is 0 Å².